The topological polar surface area (TPSA) is 53.3 Å². The maximum Gasteiger partial charge on any atom is 0.180 e. The molecule has 1 rings (SSSR count). The van der Waals surface area contributed by atoms with Crippen molar-refractivity contribution < 1.29 is 9.53 Å². The number of nitriles is 1. The van der Waals surface area contributed by atoms with E-state index in [-0.39, 0.29) is 11.8 Å². The summed E-state index contributed by atoms with van der Waals surface area (Å²) in [5.41, 5.74) is 0.590. The van der Waals surface area contributed by atoms with Gasteiger partial charge < -0.3 is 4.74 Å². The molecule has 0 bridgehead atoms. The Morgan fingerprint density at radius 2 is 2.11 bits per heavy atom. The van der Waals surface area contributed by atoms with Crippen molar-refractivity contribution in [3.05, 3.63) is 29.8 Å². The minimum absolute atomic E-state index is 0.0177. The maximum atomic E-state index is 12.3. The lowest BCUT2D eigenvalue weighted by molar-refractivity contribution is 0.0905. The van der Waals surface area contributed by atoms with Crippen molar-refractivity contribution >= 4 is 5.78 Å². The van der Waals surface area contributed by atoms with Crippen molar-refractivity contribution in [1.29, 1.82) is 5.26 Å². The largest absolute Gasteiger partial charge is 0.496 e. The molecule has 1 aromatic rings. The molecule has 0 unspecified atom stereocenters. The third-order valence-corrected chi connectivity index (χ3v) is 3.00. The molecule has 0 aliphatic carbocycles. The number of nitrogens with zero attached hydrogens (tertiary/aromatic N) is 2. The number of hydrogen-bond acceptors (Lipinski definition) is 4. The van der Waals surface area contributed by atoms with Crippen molar-refractivity contribution in [1.82, 2.24) is 4.90 Å². The first kappa shape index (κ1) is 15.2. The molecule has 0 saturated carbocycles. The van der Waals surface area contributed by atoms with Crippen LogP contribution in [-0.4, -0.2) is 36.9 Å². The van der Waals surface area contributed by atoms with Gasteiger partial charge in [0.05, 0.1) is 25.3 Å². The van der Waals surface area contributed by atoms with Crippen LogP contribution >= 0.6 is 0 Å². The van der Waals surface area contributed by atoms with Crippen LogP contribution in [0.15, 0.2) is 24.3 Å². The zero-order valence-electron chi connectivity index (χ0n) is 11.7. The monoisotopic (exact) mass is 260 g/mol. The molecule has 0 N–H and O–H groups in total. The Morgan fingerprint density at radius 3 is 2.68 bits per heavy atom. The zero-order chi connectivity index (χ0) is 14.3. The number of ether oxygens (including phenoxy) is 1. The summed E-state index contributed by atoms with van der Waals surface area (Å²) in [6.07, 6.45) is 0.428. The minimum Gasteiger partial charge on any atom is -0.496 e. The highest BCUT2D eigenvalue weighted by Crippen LogP contribution is 2.18. The van der Waals surface area contributed by atoms with Gasteiger partial charge in [-0.3, -0.25) is 9.69 Å². The van der Waals surface area contributed by atoms with Gasteiger partial charge in [-0.2, -0.15) is 5.26 Å². The second kappa shape index (κ2) is 7.55. The highest BCUT2D eigenvalue weighted by Gasteiger charge is 2.17. The molecule has 0 heterocycles. The number of rotatable bonds is 7. The van der Waals surface area contributed by atoms with Gasteiger partial charge in [-0.25, -0.2) is 0 Å². The number of benzene rings is 1. The Morgan fingerprint density at radius 1 is 1.42 bits per heavy atom. The Labute approximate surface area is 114 Å². The van der Waals surface area contributed by atoms with Crippen LogP contribution in [0.25, 0.3) is 0 Å². The number of carbonyl (C=O) groups excluding carboxylic acids is 1. The van der Waals surface area contributed by atoms with E-state index in [1.807, 2.05) is 30.9 Å². The fourth-order valence-electron chi connectivity index (χ4n) is 1.86. The third kappa shape index (κ3) is 4.38. The van der Waals surface area contributed by atoms with Gasteiger partial charge in [-0.15, -0.1) is 0 Å². The highest BCUT2D eigenvalue weighted by molar-refractivity contribution is 6.00. The van der Waals surface area contributed by atoms with Gasteiger partial charge >= 0.3 is 0 Å². The van der Waals surface area contributed by atoms with Gasteiger partial charge in [0.25, 0.3) is 0 Å². The summed E-state index contributed by atoms with van der Waals surface area (Å²) in [5, 5.41) is 8.65. The van der Waals surface area contributed by atoms with Crippen LogP contribution in [0.4, 0.5) is 0 Å². The molecular formula is C15H20N2O2. The Balaban J connectivity index is 2.79. The Hall–Kier alpha value is -1.86. The van der Waals surface area contributed by atoms with Crippen molar-refractivity contribution in [3.8, 4) is 11.8 Å². The maximum absolute atomic E-state index is 12.3. The number of carbonyl (C=O) groups is 1. The molecule has 0 saturated heterocycles. The normalized spacial score (nSPS) is 10.5. The molecule has 0 radical (unpaired) electrons. The molecule has 0 spiro atoms. The van der Waals surface area contributed by atoms with Crippen molar-refractivity contribution in [3.63, 3.8) is 0 Å². The summed E-state index contributed by atoms with van der Waals surface area (Å²) < 4.78 is 5.20. The molecule has 19 heavy (non-hydrogen) atoms. The third-order valence-electron chi connectivity index (χ3n) is 3.00. The molecule has 0 fully saturated rings. The molecule has 4 heteroatoms. The van der Waals surface area contributed by atoms with E-state index in [9.17, 15) is 4.79 Å². The predicted molar refractivity (Wildman–Crippen MR) is 74.3 cm³/mol. The van der Waals surface area contributed by atoms with E-state index in [4.69, 9.17) is 10.00 Å². The summed E-state index contributed by atoms with van der Waals surface area (Å²) in [4.78, 5) is 14.3. The lowest BCUT2D eigenvalue weighted by Crippen LogP contribution is -2.36. The van der Waals surface area contributed by atoms with Crippen molar-refractivity contribution in [2.24, 2.45) is 0 Å². The molecule has 1 aromatic carbocycles. The summed E-state index contributed by atoms with van der Waals surface area (Å²) >= 11 is 0. The second-order valence-electron chi connectivity index (χ2n) is 4.60. The smallest absolute Gasteiger partial charge is 0.180 e. The number of methoxy groups -OCH3 is 1. The second-order valence-corrected chi connectivity index (χ2v) is 4.60. The Kier molecular flexibility index (Phi) is 6.04. The summed E-state index contributed by atoms with van der Waals surface area (Å²) in [5.74, 6) is 0.612. The van der Waals surface area contributed by atoms with Gasteiger partial charge in [0.1, 0.15) is 5.75 Å². The van der Waals surface area contributed by atoms with Gasteiger partial charge in [0.15, 0.2) is 5.78 Å². The van der Waals surface area contributed by atoms with E-state index in [1.165, 1.54) is 0 Å². The molecule has 102 valence electrons. The molecule has 0 aliphatic heterocycles. The molecule has 0 aliphatic rings. The van der Waals surface area contributed by atoms with Gasteiger partial charge in [-0.05, 0) is 26.0 Å². The standard InChI is InChI=1S/C15H20N2O2/c1-12(2)17(10-6-9-16)11-14(18)13-7-4-5-8-15(13)19-3/h4-5,7-8,12H,6,10-11H2,1-3H3. The Bertz CT molecular complexity index is 463. The minimum atomic E-state index is 0.0177. The zero-order valence-corrected chi connectivity index (χ0v) is 11.7. The summed E-state index contributed by atoms with van der Waals surface area (Å²) in [6.45, 7) is 4.95. The summed E-state index contributed by atoms with van der Waals surface area (Å²) in [7, 11) is 1.56. The van der Waals surface area contributed by atoms with Crippen LogP contribution < -0.4 is 4.74 Å². The lowest BCUT2D eigenvalue weighted by Gasteiger charge is -2.24. The van der Waals surface area contributed by atoms with E-state index < -0.39 is 0 Å². The molecule has 0 amide bonds. The molecule has 0 atom stereocenters. The van der Waals surface area contributed by atoms with E-state index in [0.717, 1.165) is 0 Å². The van der Waals surface area contributed by atoms with Crippen LogP contribution in [0.1, 0.15) is 30.6 Å². The van der Waals surface area contributed by atoms with Crippen molar-refractivity contribution in [2.45, 2.75) is 26.3 Å². The average molecular weight is 260 g/mol. The quantitative estimate of drug-likeness (QED) is 0.707. The van der Waals surface area contributed by atoms with Crippen LogP contribution in [0.3, 0.4) is 0 Å². The molecule has 0 aromatic heterocycles. The lowest BCUT2D eigenvalue weighted by atomic mass is 10.1. The highest BCUT2D eigenvalue weighted by atomic mass is 16.5. The van der Waals surface area contributed by atoms with Crippen LogP contribution in [0.5, 0.6) is 5.75 Å². The van der Waals surface area contributed by atoms with E-state index in [0.29, 0.717) is 30.8 Å². The van der Waals surface area contributed by atoms with Gasteiger partial charge in [0, 0.05) is 19.0 Å². The van der Waals surface area contributed by atoms with Crippen LogP contribution in [-0.2, 0) is 0 Å². The number of Topliss-reactive ketones (excluding diaryl/α,β-unsaturated/α-hetero) is 1. The first-order valence-corrected chi connectivity index (χ1v) is 6.37. The van der Waals surface area contributed by atoms with E-state index >= 15 is 0 Å². The van der Waals surface area contributed by atoms with Gasteiger partial charge in [-0.1, -0.05) is 12.1 Å². The molecule has 4 nitrogen and oxygen atoms in total. The fourth-order valence-corrected chi connectivity index (χ4v) is 1.86. The summed E-state index contributed by atoms with van der Waals surface area (Å²) in [6, 6.07) is 9.55. The first-order chi connectivity index (χ1) is 9.10. The SMILES string of the molecule is COc1ccccc1C(=O)CN(CCC#N)C(C)C. The fraction of sp³-hybridized carbons (Fsp3) is 0.467. The number of hydrogen-bond donors (Lipinski definition) is 0. The van der Waals surface area contributed by atoms with Crippen LogP contribution in [0, 0.1) is 11.3 Å². The van der Waals surface area contributed by atoms with Crippen molar-refractivity contribution in [2.75, 3.05) is 20.2 Å². The predicted octanol–water partition coefficient (Wildman–Crippen LogP) is 2.50. The average Bonchev–Trinajstić information content (AvgIpc) is 2.42. The molecular weight excluding hydrogens is 240 g/mol. The first-order valence-electron chi connectivity index (χ1n) is 6.37. The van der Waals surface area contributed by atoms with E-state index in [2.05, 4.69) is 6.07 Å². The van der Waals surface area contributed by atoms with E-state index in [1.54, 1.807) is 19.2 Å². The number of para-hydroxylation sites is 1. The van der Waals surface area contributed by atoms with Gasteiger partial charge in [0.2, 0.25) is 0 Å². The number of ketones is 1. The van der Waals surface area contributed by atoms with Crippen LogP contribution in [0.2, 0.25) is 0 Å².